The molecule has 4 rings (SSSR count). The number of fused-ring (bicyclic) bond motifs is 1. The summed E-state index contributed by atoms with van der Waals surface area (Å²) < 4.78 is 16.1. The Balaban J connectivity index is 1.64. The fourth-order valence-corrected chi connectivity index (χ4v) is 3.34. The highest BCUT2D eigenvalue weighted by atomic mass is 19.1. The Morgan fingerprint density at radius 3 is 2.50 bits per heavy atom. The van der Waals surface area contributed by atoms with E-state index in [-0.39, 0.29) is 29.9 Å². The van der Waals surface area contributed by atoms with E-state index < -0.39 is 17.5 Å². The lowest BCUT2D eigenvalue weighted by Gasteiger charge is -2.33. The zero-order valence-electron chi connectivity index (χ0n) is 15.1. The van der Waals surface area contributed by atoms with E-state index in [1.165, 1.54) is 24.3 Å². The van der Waals surface area contributed by atoms with Gasteiger partial charge in [-0.3, -0.25) is 19.0 Å². The number of ketones is 1. The summed E-state index contributed by atoms with van der Waals surface area (Å²) in [6.07, 6.45) is 7.03. The summed E-state index contributed by atoms with van der Waals surface area (Å²) in [5.74, 6) is -1.92. The van der Waals surface area contributed by atoms with Crippen LogP contribution in [0.4, 0.5) is 4.39 Å². The third-order valence-electron chi connectivity index (χ3n) is 4.84. The first kappa shape index (κ1) is 17.8. The molecular weight excluding hydrogens is 367 g/mol. The number of hydrogen-bond donors (Lipinski definition) is 1. The summed E-state index contributed by atoms with van der Waals surface area (Å²) >= 11 is 0. The fourth-order valence-electron chi connectivity index (χ4n) is 3.34. The van der Waals surface area contributed by atoms with Gasteiger partial charge in [-0.25, -0.2) is 14.4 Å². The summed E-state index contributed by atoms with van der Waals surface area (Å²) in [4.78, 5) is 50.7. The van der Waals surface area contributed by atoms with Gasteiger partial charge in [-0.2, -0.15) is 0 Å². The minimum Gasteiger partial charge on any atom is -0.357 e. The summed E-state index contributed by atoms with van der Waals surface area (Å²) in [5, 5.41) is 0.0134. The van der Waals surface area contributed by atoms with Gasteiger partial charge in [0.05, 0.1) is 22.7 Å². The molecule has 2 amide bonds. The molecule has 0 aliphatic carbocycles. The molecule has 0 atom stereocenters. The molecule has 1 aliphatic rings. The quantitative estimate of drug-likeness (QED) is 0.530. The second kappa shape index (κ2) is 6.87. The molecule has 0 aromatic carbocycles. The van der Waals surface area contributed by atoms with E-state index in [9.17, 15) is 18.8 Å². The van der Waals surface area contributed by atoms with Crippen molar-refractivity contribution in [2.24, 2.45) is 0 Å². The molecule has 0 radical (unpaired) electrons. The number of carbonyl (C=O) groups is 3. The first-order chi connectivity index (χ1) is 13.5. The number of nitrogens with one attached hydrogen (secondary N) is 1. The van der Waals surface area contributed by atoms with Crippen molar-refractivity contribution in [3.05, 3.63) is 42.5 Å². The van der Waals surface area contributed by atoms with Gasteiger partial charge >= 0.3 is 0 Å². The van der Waals surface area contributed by atoms with E-state index >= 15 is 0 Å². The standard InChI is InChI=1S/C18H17FN6O3/c1-11(26)23-4-6-24(7-5-23)18(28)16(27)12-8-21-15-14(12)13(19)9-22-17(15)25-3-2-20-10-25/h2-3,8-10,21H,4-7H2,1H3. The molecule has 1 fully saturated rings. The van der Waals surface area contributed by atoms with E-state index in [1.807, 2.05) is 0 Å². The highest BCUT2D eigenvalue weighted by Gasteiger charge is 2.30. The topological polar surface area (TPSA) is 104 Å². The number of amides is 2. The Hall–Kier alpha value is -3.56. The van der Waals surface area contributed by atoms with Crippen LogP contribution in [0.15, 0.2) is 31.1 Å². The highest BCUT2D eigenvalue weighted by Crippen LogP contribution is 2.26. The van der Waals surface area contributed by atoms with Crippen molar-refractivity contribution in [1.82, 2.24) is 29.3 Å². The fraction of sp³-hybridized carbons (Fsp3) is 0.278. The molecule has 1 N–H and O–H groups in total. The van der Waals surface area contributed by atoms with Crippen LogP contribution < -0.4 is 0 Å². The number of imidazole rings is 1. The van der Waals surface area contributed by atoms with Gasteiger partial charge in [0.25, 0.3) is 11.7 Å². The predicted molar refractivity (Wildman–Crippen MR) is 96.3 cm³/mol. The van der Waals surface area contributed by atoms with Crippen molar-refractivity contribution in [2.45, 2.75) is 6.92 Å². The number of halogens is 1. The summed E-state index contributed by atoms with van der Waals surface area (Å²) in [5.41, 5.74) is 0.255. The third-order valence-corrected chi connectivity index (χ3v) is 4.84. The number of aromatic nitrogens is 4. The zero-order chi connectivity index (χ0) is 19.8. The van der Waals surface area contributed by atoms with Crippen LogP contribution in [0.2, 0.25) is 0 Å². The molecule has 0 bridgehead atoms. The average molecular weight is 384 g/mol. The van der Waals surface area contributed by atoms with Crippen LogP contribution in [0.25, 0.3) is 16.7 Å². The average Bonchev–Trinajstić information content (AvgIpc) is 3.38. The van der Waals surface area contributed by atoms with Gasteiger partial charge in [0, 0.05) is 51.7 Å². The van der Waals surface area contributed by atoms with Gasteiger partial charge < -0.3 is 14.8 Å². The normalized spacial score (nSPS) is 14.5. The lowest BCUT2D eigenvalue weighted by molar-refractivity contribution is -0.135. The first-order valence-corrected chi connectivity index (χ1v) is 8.70. The van der Waals surface area contributed by atoms with Crippen LogP contribution in [-0.4, -0.2) is 73.1 Å². The Morgan fingerprint density at radius 1 is 1.14 bits per heavy atom. The minimum atomic E-state index is -0.802. The number of Topliss-reactive ketones (excluding diaryl/α,β-unsaturated/α-hetero) is 1. The molecule has 1 aliphatic heterocycles. The number of nitrogens with zero attached hydrogens (tertiary/aromatic N) is 5. The van der Waals surface area contributed by atoms with Crippen molar-refractivity contribution in [2.75, 3.05) is 26.2 Å². The molecule has 10 heteroatoms. The molecule has 28 heavy (non-hydrogen) atoms. The van der Waals surface area contributed by atoms with Gasteiger partial charge in [0.15, 0.2) is 11.6 Å². The lowest BCUT2D eigenvalue weighted by atomic mass is 10.1. The summed E-state index contributed by atoms with van der Waals surface area (Å²) in [7, 11) is 0. The van der Waals surface area contributed by atoms with Gasteiger partial charge in [-0.1, -0.05) is 0 Å². The number of rotatable bonds is 3. The highest BCUT2D eigenvalue weighted by molar-refractivity contribution is 6.45. The predicted octanol–water partition coefficient (Wildman–Crippen LogP) is 0.761. The van der Waals surface area contributed by atoms with Crippen LogP contribution in [0.3, 0.4) is 0 Å². The van der Waals surface area contributed by atoms with E-state index in [2.05, 4.69) is 15.0 Å². The molecule has 1 saturated heterocycles. The van der Waals surface area contributed by atoms with Crippen LogP contribution >= 0.6 is 0 Å². The molecule has 4 heterocycles. The van der Waals surface area contributed by atoms with Gasteiger partial charge in [-0.05, 0) is 0 Å². The van der Waals surface area contributed by atoms with E-state index in [0.29, 0.717) is 24.4 Å². The molecule has 144 valence electrons. The van der Waals surface area contributed by atoms with Crippen molar-refractivity contribution in [3.63, 3.8) is 0 Å². The number of pyridine rings is 1. The molecule has 3 aromatic rings. The Kier molecular flexibility index (Phi) is 4.38. The summed E-state index contributed by atoms with van der Waals surface area (Å²) in [6, 6.07) is 0. The molecule has 0 spiro atoms. The van der Waals surface area contributed by atoms with Crippen LogP contribution in [0.5, 0.6) is 0 Å². The zero-order valence-corrected chi connectivity index (χ0v) is 15.1. The minimum absolute atomic E-state index is 0.0134. The number of hydrogen-bond acceptors (Lipinski definition) is 5. The number of piperazine rings is 1. The van der Waals surface area contributed by atoms with E-state index in [4.69, 9.17) is 0 Å². The SMILES string of the molecule is CC(=O)N1CCN(C(=O)C(=O)c2c[nH]c3c(-n4ccnc4)ncc(F)c23)CC1. The van der Waals surface area contributed by atoms with E-state index in [0.717, 1.165) is 6.20 Å². The van der Waals surface area contributed by atoms with Crippen LogP contribution in [0.1, 0.15) is 17.3 Å². The molecule has 9 nitrogen and oxygen atoms in total. The van der Waals surface area contributed by atoms with Crippen molar-refractivity contribution in [3.8, 4) is 5.82 Å². The maximum atomic E-state index is 14.5. The Morgan fingerprint density at radius 2 is 1.86 bits per heavy atom. The number of carbonyl (C=O) groups excluding carboxylic acids is 3. The largest absolute Gasteiger partial charge is 0.357 e. The summed E-state index contributed by atoms with van der Waals surface area (Å²) in [6.45, 7) is 2.72. The Bertz CT molecular complexity index is 1070. The smallest absolute Gasteiger partial charge is 0.295 e. The second-order valence-electron chi connectivity index (χ2n) is 6.48. The van der Waals surface area contributed by atoms with Gasteiger partial charge in [0.1, 0.15) is 6.33 Å². The van der Waals surface area contributed by atoms with Gasteiger partial charge in [0.2, 0.25) is 5.91 Å². The van der Waals surface area contributed by atoms with Crippen molar-refractivity contribution in [1.29, 1.82) is 0 Å². The van der Waals surface area contributed by atoms with Crippen LogP contribution in [-0.2, 0) is 9.59 Å². The van der Waals surface area contributed by atoms with Crippen molar-refractivity contribution < 1.29 is 18.8 Å². The lowest BCUT2D eigenvalue weighted by Crippen LogP contribution is -2.51. The van der Waals surface area contributed by atoms with E-state index in [1.54, 1.807) is 21.9 Å². The Labute approximate surface area is 158 Å². The monoisotopic (exact) mass is 384 g/mol. The molecular formula is C18H17FN6O3. The van der Waals surface area contributed by atoms with Crippen molar-refractivity contribution >= 4 is 28.5 Å². The second-order valence-corrected chi connectivity index (χ2v) is 6.48. The molecule has 3 aromatic heterocycles. The number of aromatic amines is 1. The maximum Gasteiger partial charge on any atom is 0.295 e. The van der Waals surface area contributed by atoms with Crippen LogP contribution in [0, 0.1) is 5.82 Å². The van der Waals surface area contributed by atoms with Gasteiger partial charge in [-0.15, -0.1) is 0 Å². The molecule has 0 saturated carbocycles. The third kappa shape index (κ3) is 2.92. The molecule has 0 unspecified atom stereocenters. The maximum absolute atomic E-state index is 14.5. The number of H-pyrrole nitrogens is 1. The first-order valence-electron chi connectivity index (χ1n) is 8.70.